The van der Waals surface area contributed by atoms with E-state index in [-0.39, 0.29) is 11.9 Å². The van der Waals surface area contributed by atoms with Crippen molar-refractivity contribution in [3.8, 4) is 0 Å². The zero-order valence-corrected chi connectivity index (χ0v) is 12.2. The number of amides is 1. The Kier molecular flexibility index (Phi) is 4.39. The Balaban J connectivity index is 2.10. The van der Waals surface area contributed by atoms with Crippen molar-refractivity contribution < 1.29 is 4.79 Å². The van der Waals surface area contributed by atoms with Gasteiger partial charge in [-0.25, -0.2) is 4.98 Å². The first kappa shape index (κ1) is 13.8. The van der Waals surface area contributed by atoms with E-state index in [1.807, 2.05) is 18.4 Å². The van der Waals surface area contributed by atoms with Crippen molar-refractivity contribution in [2.24, 2.45) is 0 Å². The van der Waals surface area contributed by atoms with Gasteiger partial charge in [0.1, 0.15) is 0 Å². The van der Waals surface area contributed by atoms with Gasteiger partial charge in [-0.3, -0.25) is 4.79 Å². The molecule has 2 N–H and O–H groups in total. The Morgan fingerprint density at radius 2 is 2.26 bits per heavy atom. The van der Waals surface area contributed by atoms with Crippen molar-refractivity contribution in [3.05, 3.63) is 39.8 Å². The lowest BCUT2D eigenvalue weighted by molar-refractivity contribution is -0.114. The third-order valence-electron chi connectivity index (χ3n) is 2.56. The second-order valence-corrected chi connectivity index (χ2v) is 5.28. The SMILES string of the molecule is CC(=O)Nc1ccc(NC(C)c2cscn2)cc1Cl. The van der Waals surface area contributed by atoms with Crippen LogP contribution >= 0.6 is 22.9 Å². The normalized spacial score (nSPS) is 11.9. The molecule has 0 radical (unpaired) electrons. The zero-order chi connectivity index (χ0) is 13.8. The van der Waals surface area contributed by atoms with E-state index >= 15 is 0 Å². The molecule has 0 saturated heterocycles. The predicted octanol–water partition coefficient (Wildman–Crippen LogP) is 3.93. The number of carbonyl (C=O) groups is 1. The number of hydrogen-bond donors (Lipinski definition) is 2. The van der Waals surface area contributed by atoms with Crippen LogP contribution in [-0.4, -0.2) is 10.9 Å². The zero-order valence-electron chi connectivity index (χ0n) is 10.6. The van der Waals surface area contributed by atoms with E-state index in [2.05, 4.69) is 15.6 Å². The topological polar surface area (TPSA) is 54.0 Å². The van der Waals surface area contributed by atoms with Crippen LogP contribution in [0.4, 0.5) is 11.4 Å². The number of anilines is 2. The quantitative estimate of drug-likeness (QED) is 0.898. The first-order valence-electron chi connectivity index (χ1n) is 5.78. The highest BCUT2D eigenvalue weighted by Crippen LogP contribution is 2.27. The van der Waals surface area contributed by atoms with Gasteiger partial charge in [0, 0.05) is 18.0 Å². The second-order valence-electron chi connectivity index (χ2n) is 4.16. The van der Waals surface area contributed by atoms with Crippen LogP contribution in [0.25, 0.3) is 0 Å². The van der Waals surface area contributed by atoms with Gasteiger partial charge in [0.25, 0.3) is 0 Å². The van der Waals surface area contributed by atoms with E-state index in [1.54, 1.807) is 29.0 Å². The molecule has 0 fully saturated rings. The smallest absolute Gasteiger partial charge is 0.221 e. The van der Waals surface area contributed by atoms with Gasteiger partial charge in [-0.05, 0) is 25.1 Å². The number of rotatable bonds is 4. The Hall–Kier alpha value is -1.59. The van der Waals surface area contributed by atoms with Gasteiger partial charge >= 0.3 is 0 Å². The minimum absolute atomic E-state index is 0.105. The number of hydrogen-bond acceptors (Lipinski definition) is 4. The molecule has 1 unspecified atom stereocenters. The van der Waals surface area contributed by atoms with E-state index in [1.165, 1.54) is 6.92 Å². The van der Waals surface area contributed by atoms with Crippen LogP contribution in [0.3, 0.4) is 0 Å². The Morgan fingerprint density at radius 1 is 1.47 bits per heavy atom. The first-order valence-corrected chi connectivity index (χ1v) is 7.10. The van der Waals surface area contributed by atoms with Crippen LogP contribution in [-0.2, 0) is 4.79 Å². The standard InChI is InChI=1S/C13H14ClN3OS/c1-8(13-6-19-7-15-13)16-10-3-4-12(11(14)5-10)17-9(2)18/h3-8,16H,1-2H3,(H,17,18). The number of halogens is 1. The summed E-state index contributed by atoms with van der Waals surface area (Å²) in [6.45, 7) is 3.48. The molecule has 2 rings (SSSR count). The first-order chi connectivity index (χ1) is 9.06. The molecular formula is C13H14ClN3OS. The van der Waals surface area contributed by atoms with E-state index < -0.39 is 0 Å². The summed E-state index contributed by atoms with van der Waals surface area (Å²) in [6.07, 6.45) is 0. The molecule has 0 aliphatic carbocycles. The lowest BCUT2D eigenvalue weighted by Crippen LogP contribution is -2.08. The van der Waals surface area contributed by atoms with Crippen LogP contribution in [0.5, 0.6) is 0 Å². The number of nitrogens with zero attached hydrogens (tertiary/aromatic N) is 1. The minimum Gasteiger partial charge on any atom is -0.377 e. The largest absolute Gasteiger partial charge is 0.377 e. The lowest BCUT2D eigenvalue weighted by Gasteiger charge is -2.14. The summed E-state index contributed by atoms with van der Waals surface area (Å²) in [5.41, 5.74) is 4.30. The molecule has 0 aliphatic rings. The van der Waals surface area contributed by atoms with Gasteiger partial charge in [0.2, 0.25) is 5.91 Å². The highest BCUT2D eigenvalue weighted by atomic mass is 35.5. The third-order valence-corrected chi connectivity index (χ3v) is 3.48. The van der Waals surface area contributed by atoms with Crippen LogP contribution in [0.15, 0.2) is 29.1 Å². The fourth-order valence-electron chi connectivity index (χ4n) is 1.66. The highest BCUT2D eigenvalue weighted by molar-refractivity contribution is 7.07. The average molecular weight is 296 g/mol. The molecular weight excluding hydrogens is 282 g/mol. The molecule has 100 valence electrons. The van der Waals surface area contributed by atoms with Crippen molar-refractivity contribution in [2.75, 3.05) is 10.6 Å². The molecule has 0 aliphatic heterocycles. The lowest BCUT2D eigenvalue weighted by atomic mass is 10.2. The number of thiazole rings is 1. The molecule has 0 spiro atoms. The summed E-state index contributed by atoms with van der Waals surface area (Å²) in [6, 6.07) is 5.55. The van der Waals surface area contributed by atoms with E-state index in [0.717, 1.165) is 11.4 Å². The van der Waals surface area contributed by atoms with Crippen molar-refractivity contribution in [1.82, 2.24) is 4.98 Å². The monoisotopic (exact) mass is 295 g/mol. The third kappa shape index (κ3) is 3.68. The van der Waals surface area contributed by atoms with Crippen molar-refractivity contribution in [2.45, 2.75) is 19.9 Å². The molecule has 1 atom stereocenters. The molecule has 19 heavy (non-hydrogen) atoms. The Bertz CT molecular complexity index is 571. The molecule has 4 nitrogen and oxygen atoms in total. The maximum atomic E-state index is 11.0. The fourth-order valence-corrected chi connectivity index (χ4v) is 2.53. The summed E-state index contributed by atoms with van der Waals surface area (Å²) in [5, 5.41) is 8.49. The molecule has 1 heterocycles. The van der Waals surface area contributed by atoms with E-state index in [0.29, 0.717) is 10.7 Å². The van der Waals surface area contributed by atoms with Crippen molar-refractivity contribution in [3.63, 3.8) is 0 Å². The summed E-state index contributed by atoms with van der Waals surface area (Å²) < 4.78 is 0. The molecule has 1 aromatic heterocycles. The van der Waals surface area contributed by atoms with Gasteiger partial charge in [-0.1, -0.05) is 11.6 Å². The van der Waals surface area contributed by atoms with Crippen LogP contribution in [0, 0.1) is 0 Å². The molecule has 0 bridgehead atoms. The summed E-state index contributed by atoms with van der Waals surface area (Å²) in [7, 11) is 0. The van der Waals surface area contributed by atoms with E-state index in [9.17, 15) is 4.79 Å². The Labute approximate surface area is 120 Å². The minimum atomic E-state index is -0.140. The Morgan fingerprint density at radius 3 is 2.84 bits per heavy atom. The van der Waals surface area contributed by atoms with Crippen LogP contribution in [0.1, 0.15) is 25.6 Å². The number of nitrogens with one attached hydrogen (secondary N) is 2. The van der Waals surface area contributed by atoms with Crippen molar-refractivity contribution >= 4 is 40.2 Å². The molecule has 2 aromatic rings. The molecule has 1 aromatic carbocycles. The number of aromatic nitrogens is 1. The summed E-state index contributed by atoms with van der Waals surface area (Å²) >= 11 is 7.68. The average Bonchev–Trinajstić information content (AvgIpc) is 2.86. The van der Waals surface area contributed by atoms with Gasteiger partial charge in [-0.2, -0.15) is 0 Å². The van der Waals surface area contributed by atoms with Crippen LogP contribution in [0.2, 0.25) is 5.02 Å². The number of benzene rings is 1. The summed E-state index contributed by atoms with van der Waals surface area (Å²) in [4.78, 5) is 15.2. The maximum Gasteiger partial charge on any atom is 0.221 e. The second kappa shape index (κ2) is 6.04. The van der Waals surface area contributed by atoms with Gasteiger partial charge in [-0.15, -0.1) is 11.3 Å². The summed E-state index contributed by atoms with van der Waals surface area (Å²) in [5.74, 6) is -0.140. The van der Waals surface area contributed by atoms with Crippen molar-refractivity contribution in [1.29, 1.82) is 0 Å². The van der Waals surface area contributed by atoms with Crippen LogP contribution < -0.4 is 10.6 Å². The molecule has 0 saturated carbocycles. The van der Waals surface area contributed by atoms with E-state index in [4.69, 9.17) is 11.6 Å². The van der Waals surface area contributed by atoms with Gasteiger partial charge in [0.05, 0.1) is 28.0 Å². The number of carbonyl (C=O) groups excluding carboxylic acids is 1. The predicted molar refractivity (Wildman–Crippen MR) is 79.9 cm³/mol. The maximum absolute atomic E-state index is 11.0. The fraction of sp³-hybridized carbons (Fsp3) is 0.231. The van der Waals surface area contributed by atoms with Gasteiger partial charge < -0.3 is 10.6 Å². The molecule has 6 heteroatoms. The molecule has 1 amide bonds. The van der Waals surface area contributed by atoms with Gasteiger partial charge in [0.15, 0.2) is 0 Å². The highest BCUT2D eigenvalue weighted by Gasteiger charge is 2.09.